The van der Waals surface area contributed by atoms with E-state index >= 15 is 0 Å². The molecule has 3 aliphatic rings. The molecule has 2 saturated heterocycles. The minimum Gasteiger partial charge on any atom is -0.360 e. The molecule has 8 rings (SSSR count). The van der Waals surface area contributed by atoms with Crippen molar-refractivity contribution in [3.05, 3.63) is 125 Å². The Hall–Kier alpha value is -4.23. The number of hydrogen-bond acceptors (Lipinski definition) is 11. The maximum atomic E-state index is 14.3. The fourth-order valence-electron chi connectivity index (χ4n) is 8.64. The zero-order chi connectivity index (χ0) is 44.6. The van der Waals surface area contributed by atoms with E-state index < -0.39 is 40.7 Å². The zero-order valence-electron chi connectivity index (χ0n) is 34.9. The maximum absolute atomic E-state index is 14.3. The molecule has 1 unspecified atom stereocenters. The summed E-state index contributed by atoms with van der Waals surface area (Å²) in [7, 11) is -6.81. The number of alkyl halides is 3. The minimum absolute atomic E-state index is 0.0173. The molecule has 3 aliphatic heterocycles. The van der Waals surface area contributed by atoms with Gasteiger partial charge in [-0.15, -0.1) is 11.8 Å². The Morgan fingerprint density at radius 1 is 0.905 bits per heavy atom. The molecule has 0 saturated carbocycles. The van der Waals surface area contributed by atoms with Crippen LogP contribution >= 0.6 is 23.4 Å². The third kappa shape index (κ3) is 10.0. The average molecular weight is 941 g/mol. The summed E-state index contributed by atoms with van der Waals surface area (Å²) in [4.78, 5) is 16.4. The van der Waals surface area contributed by atoms with Crippen LogP contribution < -0.4 is 9.62 Å². The molecule has 2 fully saturated rings. The van der Waals surface area contributed by atoms with Gasteiger partial charge in [-0.3, -0.25) is 14.5 Å². The second-order valence-electron chi connectivity index (χ2n) is 16.7. The minimum atomic E-state index is -5.97. The standard InChI is InChI=1S/C45H49ClF3N7O4S3/c1-53(2)24-20-44(30-61-36-12-4-3-5-13-36)29-56(44)41-16-15-37(26-42(41)62(57,58)45(47,48)49)63(59,60)52-43-39-19-23-55(28-40(39)50-31-51-43)35-17-21-54(22-18-35)27-33-9-6-7-14-38(33)32-10-8-11-34(46)25-32/h3-16,25-26,31,35H,17-24,27-30H2,1-2H3,(H,50,51,52). The predicted molar refractivity (Wildman–Crippen MR) is 242 cm³/mol. The molecule has 334 valence electrons. The van der Waals surface area contributed by atoms with Crippen molar-refractivity contribution in [2.75, 3.05) is 62.2 Å². The molecule has 63 heavy (non-hydrogen) atoms. The summed E-state index contributed by atoms with van der Waals surface area (Å²) in [5.41, 5.74) is -1.79. The van der Waals surface area contributed by atoms with Crippen molar-refractivity contribution in [2.45, 2.75) is 70.5 Å². The maximum Gasteiger partial charge on any atom is 0.501 e. The smallest absolute Gasteiger partial charge is 0.360 e. The zero-order valence-corrected chi connectivity index (χ0v) is 38.1. The molecule has 5 aromatic rings. The molecular weight excluding hydrogens is 891 g/mol. The van der Waals surface area contributed by atoms with Crippen molar-refractivity contribution >= 4 is 54.7 Å². The predicted octanol–water partition coefficient (Wildman–Crippen LogP) is 8.22. The normalized spacial score (nSPS) is 19.0. The number of fused-ring (bicyclic) bond motifs is 1. The van der Waals surface area contributed by atoms with E-state index in [1.165, 1.54) is 29.7 Å². The average Bonchev–Trinajstić information content (AvgIpc) is 3.99. The fourth-order valence-corrected chi connectivity index (χ4v) is 12.1. The summed E-state index contributed by atoms with van der Waals surface area (Å²) in [6, 6.07) is 29.0. The van der Waals surface area contributed by atoms with Crippen LogP contribution in [0.15, 0.2) is 118 Å². The van der Waals surface area contributed by atoms with Gasteiger partial charge in [0, 0.05) is 53.5 Å². The number of anilines is 2. The topological polar surface area (TPSA) is 119 Å². The summed E-state index contributed by atoms with van der Waals surface area (Å²) in [5, 5.41) is 0.696. The van der Waals surface area contributed by atoms with Gasteiger partial charge in [0.1, 0.15) is 17.0 Å². The summed E-state index contributed by atoms with van der Waals surface area (Å²) < 4.78 is 99.8. The van der Waals surface area contributed by atoms with Crippen molar-refractivity contribution in [3.63, 3.8) is 0 Å². The molecule has 18 heteroatoms. The van der Waals surface area contributed by atoms with Crippen LogP contribution in [0.4, 0.5) is 24.7 Å². The molecule has 4 aromatic carbocycles. The van der Waals surface area contributed by atoms with Crippen LogP contribution in [0.5, 0.6) is 0 Å². The number of thioether (sulfide) groups is 1. The Balaban J connectivity index is 0.967. The van der Waals surface area contributed by atoms with Crippen LogP contribution in [-0.4, -0.2) is 111 Å². The molecule has 0 bridgehead atoms. The van der Waals surface area contributed by atoms with E-state index in [2.05, 4.69) is 48.8 Å². The number of hydrogen-bond donors (Lipinski definition) is 1. The lowest BCUT2D eigenvalue weighted by Gasteiger charge is -2.40. The van der Waals surface area contributed by atoms with Crippen molar-refractivity contribution in [2.24, 2.45) is 0 Å². The Labute approximate surface area is 376 Å². The largest absolute Gasteiger partial charge is 0.501 e. The Bertz CT molecular complexity index is 2670. The highest BCUT2D eigenvalue weighted by atomic mass is 35.5. The number of likely N-dealkylation sites (tertiary alicyclic amines) is 1. The van der Waals surface area contributed by atoms with Gasteiger partial charge in [-0.1, -0.05) is 66.2 Å². The number of piperidine rings is 1. The molecule has 1 atom stereocenters. The molecule has 0 amide bonds. The summed E-state index contributed by atoms with van der Waals surface area (Å²) >= 11 is 7.83. The number of sulfonamides is 1. The first-order valence-electron chi connectivity index (χ1n) is 20.7. The van der Waals surface area contributed by atoms with E-state index in [-0.39, 0.29) is 11.5 Å². The highest BCUT2D eigenvalue weighted by molar-refractivity contribution is 7.99. The number of nitrogens with one attached hydrogen (secondary N) is 1. The van der Waals surface area contributed by atoms with E-state index in [4.69, 9.17) is 11.6 Å². The van der Waals surface area contributed by atoms with Gasteiger partial charge in [0.25, 0.3) is 19.9 Å². The third-order valence-electron chi connectivity index (χ3n) is 12.2. The van der Waals surface area contributed by atoms with Crippen LogP contribution in [0, 0.1) is 0 Å². The summed E-state index contributed by atoms with van der Waals surface area (Å²) in [6.07, 6.45) is 4.14. The van der Waals surface area contributed by atoms with Gasteiger partial charge in [-0.05, 0) is 119 Å². The van der Waals surface area contributed by atoms with E-state index in [1.54, 1.807) is 4.90 Å². The van der Waals surface area contributed by atoms with Crippen LogP contribution in [0.1, 0.15) is 36.1 Å². The van der Waals surface area contributed by atoms with E-state index in [1.807, 2.05) is 73.6 Å². The van der Waals surface area contributed by atoms with Gasteiger partial charge in [0.05, 0.1) is 21.8 Å². The Kier molecular flexibility index (Phi) is 13.2. The first-order valence-corrected chi connectivity index (χ1v) is 25.1. The molecule has 1 aromatic heterocycles. The highest BCUT2D eigenvalue weighted by Crippen LogP contribution is 2.49. The van der Waals surface area contributed by atoms with Crippen LogP contribution in [-0.2, 0) is 39.4 Å². The molecule has 0 aliphatic carbocycles. The lowest BCUT2D eigenvalue weighted by atomic mass is 9.96. The monoisotopic (exact) mass is 939 g/mol. The van der Waals surface area contributed by atoms with Crippen molar-refractivity contribution in [3.8, 4) is 11.1 Å². The van der Waals surface area contributed by atoms with E-state index in [0.29, 0.717) is 73.2 Å². The van der Waals surface area contributed by atoms with Crippen LogP contribution in [0.25, 0.3) is 11.1 Å². The highest BCUT2D eigenvalue weighted by Gasteiger charge is 2.55. The van der Waals surface area contributed by atoms with Crippen LogP contribution in [0.2, 0.25) is 5.02 Å². The second-order valence-corrected chi connectivity index (χ2v) is 21.8. The van der Waals surface area contributed by atoms with E-state index in [0.717, 1.165) is 54.6 Å². The summed E-state index contributed by atoms with van der Waals surface area (Å²) in [5.74, 6) is 0.497. The molecule has 11 nitrogen and oxygen atoms in total. The van der Waals surface area contributed by atoms with Gasteiger partial charge < -0.3 is 9.80 Å². The number of nitrogens with zero attached hydrogens (tertiary/aromatic N) is 6. The lowest BCUT2D eigenvalue weighted by Crippen LogP contribution is -2.46. The molecular formula is C45H49ClF3N7O4S3. The quantitative estimate of drug-likeness (QED) is 0.0809. The van der Waals surface area contributed by atoms with Gasteiger partial charge in [0.15, 0.2) is 0 Å². The Morgan fingerprint density at radius 2 is 1.65 bits per heavy atom. The number of halogens is 4. The lowest BCUT2D eigenvalue weighted by molar-refractivity contribution is -0.0435. The molecule has 0 spiro atoms. The van der Waals surface area contributed by atoms with Gasteiger partial charge in [-0.2, -0.15) is 13.2 Å². The van der Waals surface area contributed by atoms with Gasteiger partial charge in [0.2, 0.25) is 0 Å². The SMILES string of the molecule is CN(C)CCC1(CSc2ccccc2)CN1c1ccc(S(=O)(=O)Nc2ncnc3c2CCN(C2CCN(Cc4ccccc4-c4cccc(Cl)c4)CC2)C3)cc1S(=O)(=O)C(F)(F)F. The number of sulfone groups is 1. The second kappa shape index (κ2) is 18.3. The first kappa shape index (κ1) is 45.3. The van der Waals surface area contributed by atoms with Gasteiger partial charge >= 0.3 is 5.51 Å². The van der Waals surface area contributed by atoms with Crippen molar-refractivity contribution in [1.82, 2.24) is 24.7 Å². The van der Waals surface area contributed by atoms with Crippen LogP contribution in [0.3, 0.4) is 0 Å². The number of benzene rings is 4. The summed E-state index contributed by atoms with van der Waals surface area (Å²) in [6.45, 7) is 4.63. The number of aromatic nitrogens is 2. The van der Waals surface area contributed by atoms with E-state index in [9.17, 15) is 30.0 Å². The molecule has 4 heterocycles. The Morgan fingerprint density at radius 3 is 2.38 bits per heavy atom. The third-order valence-corrected chi connectivity index (χ3v) is 16.6. The fraction of sp³-hybridized carbons (Fsp3) is 0.378. The van der Waals surface area contributed by atoms with Gasteiger partial charge in [-0.25, -0.2) is 26.8 Å². The first-order chi connectivity index (χ1) is 30.0. The van der Waals surface area contributed by atoms with Crippen molar-refractivity contribution in [1.29, 1.82) is 0 Å². The molecule has 1 N–H and O–H groups in total. The molecule has 0 radical (unpaired) electrons. The number of rotatable bonds is 15. The van der Waals surface area contributed by atoms with Crippen molar-refractivity contribution < 1.29 is 30.0 Å².